The van der Waals surface area contributed by atoms with Crippen LogP contribution in [0.5, 0.6) is 0 Å². The van der Waals surface area contributed by atoms with Crippen LogP contribution >= 0.6 is 0 Å². The first kappa shape index (κ1) is 17.8. The Balaban J connectivity index is 1.94. The number of benzene rings is 1. The fourth-order valence-corrected chi connectivity index (χ4v) is 3.49. The highest BCUT2D eigenvalue weighted by Gasteiger charge is 2.35. The van der Waals surface area contributed by atoms with Crippen LogP contribution in [-0.2, 0) is 9.59 Å². The Labute approximate surface area is 153 Å². The van der Waals surface area contributed by atoms with Gasteiger partial charge in [0.05, 0.1) is 12.2 Å². The molecule has 1 aromatic heterocycles. The first-order valence-corrected chi connectivity index (χ1v) is 8.85. The molecule has 2 aromatic rings. The summed E-state index contributed by atoms with van der Waals surface area (Å²) < 4.78 is 5.50. The van der Waals surface area contributed by atoms with Gasteiger partial charge in [0.1, 0.15) is 11.8 Å². The van der Waals surface area contributed by atoms with Crippen molar-refractivity contribution in [3.05, 3.63) is 60.1 Å². The molecule has 2 N–H and O–H groups in total. The third kappa shape index (κ3) is 4.15. The number of hydrogen-bond donors (Lipinski definition) is 2. The lowest BCUT2D eigenvalue weighted by Gasteiger charge is -2.27. The molecule has 1 aromatic carbocycles. The van der Waals surface area contributed by atoms with Crippen LogP contribution in [0, 0.1) is 12.3 Å². The Morgan fingerprint density at radius 3 is 2.46 bits per heavy atom. The molecule has 2 amide bonds. The highest BCUT2D eigenvalue weighted by Crippen LogP contribution is 2.32. The molecule has 134 valence electrons. The third-order valence-electron chi connectivity index (χ3n) is 4.74. The second-order valence-corrected chi connectivity index (χ2v) is 6.49. The standard InChI is InChI=1S/C21H22N2O3/c1-2-18(24)23-20(17-13-8-14-26-17)19(15-9-4-3-5-10-15)21(25)22-16-11-6-7-12-16/h1,3-5,8-10,13-14,16,19-20H,6-7,11-12H2,(H,22,25)(H,23,24). The number of hydrogen-bond acceptors (Lipinski definition) is 3. The van der Waals surface area contributed by atoms with Crippen LogP contribution in [0.15, 0.2) is 53.1 Å². The zero-order valence-electron chi connectivity index (χ0n) is 14.5. The van der Waals surface area contributed by atoms with Crippen molar-refractivity contribution in [2.45, 2.75) is 43.7 Å². The van der Waals surface area contributed by atoms with E-state index in [1.165, 1.54) is 6.26 Å². The summed E-state index contributed by atoms with van der Waals surface area (Å²) in [5.41, 5.74) is 0.793. The van der Waals surface area contributed by atoms with Gasteiger partial charge >= 0.3 is 0 Å². The summed E-state index contributed by atoms with van der Waals surface area (Å²) in [6.45, 7) is 0. The van der Waals surface area contributed by atoms with Crippen LogP contribution in [0.4, 0.5) is 0 Å². The van der Waals surface area contributed by atoms with Crippen molar-refractivity contribution in [1.29, 1.82) is 0 Å². The molecule has 1 aliphatic rings. The monoisotopic (exact) mass is 350 g/mol. The van der Waals surface area contributed by atoms with E-state index in [1.54, 1.807) is 12.1 Å². The molecule has 26 heavy (non-hydrogen) atoms. The molecule has 1 heterocycles. The highest BCUT2D eigenvalue weighted by molar-refractivity contribution is 5.94. The Hall–Kier alpha value is -3.00. The van der Waals surface area contributed by atoms with Gasteiger partial charge in [0.25, 0.3) is 5.91 Å². The van der Waals surface area contributed by atoms with E-state index in [0.29, 0.717) is 5.76 Å². The van der Waals surface area contributed by atoms with Crippen molar-refractivity contribution in [2.24, 2.45) is 0 Å². The normalized spacial score (nSPS) is 16.4. The van der Waals surface area contributed by atoms with E-state index in [2.05, 4.69) is 16.6 Å². The molecule has 0 spiro atoms. The maximum absolute atomic E-state index is 13.2. The van der Waals surface area contributed by atoms with Gasteiger partial charge in [-0.2, -0.15) is 0 Å². The maximum atomic E-state index is 13.2. The van der Waals surface area contributed by atoms with Crippen molar-refractivity contribution in [3.8, 4) is 12.3 Å². The van der Waals surface area contributed by atoms with Crippen LogP contribution in [0.3, 0.4) is 0 Å². The molecule has 1 saturated carbocycles. The predicted octanol–water partition coefficient (Wildman–Crippen LogP) is 2.91. The Bertz CT molecular complexity index is 771. The molecule has 1 fully saturated rings. The molecule has 2 atom stereocenters. The SMILES string of the molecule is C#CC(=O)NC(c1ccco1)C(C(=O)NC1CCCC1)c1ccccc1. The molecule has 0 aliphatic heterocycles. The first-order chi connectivity index (χ1) is 12.7. The van der Waals surface area contributed by atoms with Gasteiger partial charge in [-0.1, -0.05) is 43.2 Å². The predicted molar refractivity (Wildman–Crippen MR) is 98.0 cm³/mol. The van der Waals surface area contributed by atoms with Gasteiger partial charge in [-0.05, 0) is 36.5 Å². The van der Waals surface area contributed by atoms with Crippen LogP contribution < -0.4 is 10.6 Å². The van der Waals surface area contributed by atoms with Gasteiger partial charge in [-0.15, -0.1) is 6.42 Å². The largest absolute Gasteiger partial charge is 0.467 e. The number of amides is 2. The van der Waals surface area contributed by atoms with E-state index in [9.17, 15) is 9.59 Å². The lowest BCUT2D eigenvalue weighted by Crippen LogP contribution is -2.42. The minimum atomic E-state index is -0.683. The fourth-order valence-electron chi connectivity index (χ4n) is 3.49. The number of rotatable bonds is 6. The topological polar surface area (TPSA) is 71.3 Å². The lowest BCUT2D eigenvalue weighted by atomic mass is 9.88. The van der Waals surface area contributed by atoms with E-state index in [1.807, 2.05) is 30.3 Å². The van der Waals surface area contributed by atoms with E-state index in [0.717, 1.165) is 31.2 Å². The fraction of sp³-hybridized carbons (Fsp3) is 0.333. The van der Waals surface area contributed by atoms with Gasteiger partial charge in [-0.3, -0.25) is 9.59 Å². The molecule has 2 unspecified atom stereocenters. The summed E-state index contributed by atoms with van der Waals surface area (Å²) in [6.07, 6.45) is 10.9. The maximum Gasteiger partial charge on any atom is 0.296 e. The van der Waals surface area contributed by atoms with E-state index in [-0.39, 0.29) is 11.9 Å². The van der Waals surface area contributed by atoms with Crippen LogP contribution in [0.1, 0.15) is 49.0 Å². The average Bonchev–Trinajstić information content (AvgIpc) is 3.36. The zero-order valence-corrected chi connectivity index (χ0v) is 14.5. The summed E-state index contributed by atoms with van der Waals surface area (Å²) >= 11 is 0. The molecule has 5 heteroatoms. The third-order valence-corrected chi connectivity index (χ3v) is 4.74. The van der Waals surface area contributed by atoms with E-state index < -0.39 is 17.9 Å². The smallest absolute Gasteiger partial charge is 0.296 e. The minimum absolute atomic E-state index is 0.137. The lowest BCUT2D eigenvalue weighted by molar-refractivity contribution is -0.124. The Morgan fingerprint density at radius 1 is 1.12 bits per heavy atom. The second-order valence-electron chi connectivity index (χ2n) is 6.49. The Morgan fingerprint density at radius 2 is 1.85 bits per heavy atom. The quantitative estimate of drug-likeness (QED) is 0.787. The summed E-state index contributed by atoms with van der Waals surface area (Å²) in [5, 5.41) is 5.87. The molecular formula is C21H22N2O3. The number of carbonyl (C=O) groups is 2. The van der Waals surface area contributed by atoms with Gasteiger partial charge < -0.3 is 15.1 Å². The highest BCUT2D eigenvalue weighted by atomic mass is 16.3. The van der Waals surface area contributed by atoms with Crippen LogP contribution in [0.2, 0.25) is 0 Å². The van der Waals surface area contributed by atoms with Crippen molar-refractivity contribution < 1.29 is 14.0 Å². The molecule has 5 nitrogen and oxygen atoms in total. The molecule has 0 saturated heterocycles. The van der Waals surface area contributed by atoms with Gasteiger partial charge in [0.2, 0.25) is 5.91 Å². The number of carbonyl (C=O) groups excluding carboxylic acids is 2. The van der Waals surface area contributed by atoms with Crippen molar-refractivity contribution in [3.63, 3.8) is 0 Å². The molecule has 3 rings (SSSR count). The van der Waals surface area contributed by atoms with Crippen LogP contribution in [0.25, 0.3) is 0 Å². The summed E-state index contributed by atoms with van der Waals surface area (Å²) in [6, 6.07) is 12.3. The molecule has 1 aliphatic carbocycles. The van der Waals surface area contributed by atoms with Crippen molar-refractivity contribution in [1.82, 2.24) is 10.6 Å². The van der Waals surface area contributed by atoms with Crippen molar-refractivity contribution >= 4 is 11.8 Å². The van der Waals surface area contributed by atoms with Gasteiger partial charge in [0, 0.05) is 6.04 Å². The molecule has 0 radical (unpaired) electrons. The summed E-state index contributed by atoms with van der Waals surface area (Å²) in [5.74, 6) is 1.18. The van der Waals surface area contributed by atoms with Gasteiger partial charge in [0.15, 0.2) is 0 Å². The number of furan rings is 1. The number of terminal acetylenes is 1. The van der Waals surface area contributed by atoms with Crippen molar-refractivity contribution in [2.75, 3.05) is 0 Å². The summed E-state index contributed by atoms with van der Waals surface area (Å²) in [4.78, 5) is 25.1. The minimum Gasteiger partial charge on any atom is -0.467 e. The molecule has 0 bridgehead atoms. The van der Waals surface area contributed by atoms with E-state index in [4.69, 9.17) is 10.8 Å². The van der Waals surface area contributed by atoms with Gasteiger partial charge in [-0.25, -0.2) is 0 Å². The average molecular weight is 350 g/mol. The second kappa shape index (κ2) is 8.39. The zero-order chi connectivity index (χ0) is 18.4. The van der Waals surface area contributed by atoms with Crippen LogP contribution in [-0.4, -0.2) is 17.9 Å². The molecular weight excluding hydrogens is 328 g/mol. The number of nitrogens with one attached hydrogen (secondary N) is 2. The first-order valence-electron chi connectivity index (χ1n) is 8.85. The Kier molecular flexibility index (Phi) is 5.75. The summed E-state index contributed by atoms with van der Waals surface area (Å²) in [7, 11) is 0. The van der Waals surface area contributed by atoms with E-state index >= 15 is 0 Å².